The largest absolute Gasteiger partial charge is 0.454 e. The lowest BCUT2D eigenvalue weighted by Crippen LogP contribution is -2.09. The standard InChI is InChI=1S/C18H34O8S10/c19-9-31-13-33-11-24-17(21)7-28-5-6-36(23)16-30-4-3-29-15-35-18(22)8-27-2-1-25-26-12-34-14-32-10-20/h19-20H,1-16H2. The lowest BCUT2D eigenvalue weighted by atomic mass is 10.8. The van der Waals surface area contributed by atoms with Crippen molar-refractivity contribution in [2.45, 2.75) is 0 Å². The minimum Gasteiger partial charge on any atom is -0.454 e. The SMILES string of the molecule is O=C(CSCCS(=O)CSCCSCSC(=O)CSCCOOCSCSCO)OCSCSCO. The number of hydrogen-bond donors (Lipinski definition) is 2. The first-order valence-electron chi connectivity index (χ1n) is 10.3. The number of aliphatic hydroxyl groups is 2. The van der Waals surface area contributed by atoms with Crippen molar-refractivity contribution in [3.05, 3.63) is 0 Å². The highest BCUT2D eigenvalue weighted by molar-refractivity contribution is 8.25. The summed E-state index contributed by atoms with van der Waals surface area (Å²) in [7, 11) is -0.910. The van der Waals surface area contributed by atoms with Gasteiger partial charge in [0.15, 0.2) is 5.12 Å². The predicted octanol–water partition coefficient (Wildman–Crippen LogP) is 4.00. The summed E-state index contributed by atoms with van der Waals surface area (Å²) in [4.78, 5) is 33.4. The molecule has 0 radical (unpaired) electrons. The third-order valence-electron chi connectivity index (χ3n) is 3.13. The van der Waals surface area contributed by atoms with E-state index in [1.165, 1.54) is 82.3 Å². The van der Waals surface area contributed by atoms with Crippen molar-refractivity contribution in [3.8, 4) is 0 Å². The minimum atomic E-state index is -0.910. The molecule has 1 unspecified atom stereocenters. The molecule has 0 saturated heterocycles. The Hall–Kier alpha value is 2.28. The normalized spacial score (nSPS) is 12.1. The van der Waals surface area contributed by atoms with Gasteiger partial charge in [0.25, 0.3) is 0 Å². The molecule has 0 amide bonds. The summed E-state index contributed by atoms with van der Waals surface area (Å²) < 4.78 is 17.1. The Morgan fingerprint density at radius 2 is 1.39 bits per heavy atom. The monoisotopic (exact) mass is 698 g/mol. The molecule has 36 heavy (non-hydrogen) atoms. The van der Waals surface area contributed by atoms with E-state index >= 15 is 0 Å². The van der Waals surface area contributed by atoms with E-state index in [0.717, 1.165) is 21.7 Å². The van der Waals surface area contributed by atoms with E-state index < -0.39 is 10.8 Å². The third-order valence-corrected chi connectivity index (χ3v) is 14.2. The smallest absolute Gasteiger partial charge is 0.316 e. The molecule has 1 atom stereocenters. The highest BCUT2D eigenvalue weighted by Crippen LogP contribution is 2.18. The number of ether oxygens (including phenoxy) is 1. The maximum Gasteiger partial charge on any atom is 0.316 e. The van der Waals surface area contributed by atoms with Crippen LogP contribution in [0.15, 0.2) is 0 Å². The second-order valence-electron chi connectivity index (χ2n) is 5.82. The van der Waals surface area contributed by atoms with E-state index in [1.807, 2.05) is 0 Å². The summed E-state index contributed by atoms with van der Waals surface area (Å²) in [5.41, 5.74) is 0. The molecule has 0 fully saturated rings. The Morgan fingerprint density at radius 3 is 2.14 bits per heavy atom. The second kappa shape index (κ2) is 31.8. The molecular weight excluding hydrogens is 665 g/mol. The van der Waals surface area contributed by atoms with Crippen molar-refractivity contribution < 1.29 is 38.5 Å². The van der Waals surface area contributed by atoms with E-state index in [0.29, 0.717) is 45.7 Å². The molecule has 214 valence electrons. The van der Waals surface area contributed by atoms with E-state index in [2.05, 4.69) is 0 Å². The Labute approximate surface area is 255 Å². The van der Waals surface area contributed by atoms with E-state index in [4.69, 9.17) is 24.7 Å². The topological polar surface area (TPSA) is 119 Å². The predicted molar refractivity (Wildman–Crippen MR) is 172 cm³/mol. The van der Waals surface area contributed by atoms with Crippen LogP contribution in [0.5, 0.6) is 0 Å². The second-order valence-corrected chi connectivity index (χ2v) is 18.1. The number of aliphatic hydroxyl groups excluding tert-OH is 2. The van der Waals surface area contributed by atoms with Crippen molar-refractivity contribution in [2.75, 3.05) is 91.0 Å². The summed E-state index contributed by atoms with van der Waals surface area (Å²) in [6.07, 6.45) is 0. The summed E-state index contributed by atoms with van der Waals surface area (Å²) >= 11 is 13.4. The molecule has 0 spiro atoms. The Morgan fingerprint density at radius 1 is 0.694 bits per heavy atom. The van der Waals surface area contributed by atoms with Gasteiger partial charge in [-0.1, -0.05) is 11.8 Å². The van der Waals surface area contributed by atoms with Gasteiger partial charge in [-0.05, 0) is 0 Å². The van der Waals surface area contributed by atoms with E-state index in [-0.39, 0.29) is 34.7 Å². The Kier molecular flexibility index (Phi) is 33.8. The fraction of sp³-hybridized carbons (Fsp3) is 0.889. The summed E-state index contributed by atoms with van der Waals surface area (Å²) in [5, 5.41) is 20.2. The first-order valence-corrected chi connectivity index (χ1v) is 22.1. The maximum atomic E-state index is 12.0. The molecular formula is C18H34O8S10. The average molecular weight is 699 g/mol. The van der Waals surface area contributed by atoms with Gasteiger partial charge in [-0.3, -0.25) is 13.8 Å². The molecule has 18 heteroatoms. The van der Waals surface area contributed by atoms with Gasteiger partial charge in [0.05, 0.1) is 35.1 Å². The number of esters is 1. The minimum absolute atomic E-state index is 0.0625. The third kappa shape index (κ3) is 30.8. The van der Waals surface area contributed by atoms with Gasteiger partial charge in [-0.2, -0.15) is 11.8 Å². The van der Waals surface area contributed by atoms with Crippen LogP contribution in [0.4, 0.5) is 0 Å². The Balaban J connectivity index is 3.35. The van der Waals surface area contributed by atoms with Crippen LogP contribution in [-0.4, -0.2) is 116 Å². The van der Waals surface area contributed by atoms with Crippen LogP contribution >= 0.6 is 106 Å². The molecule has 0 aliphatic rings. The molecule has 0 aliphatic heterocycles. The average Bonchev–Trinajstić information content (AvgIpc) is 2.87. The molecule has 0 saturated carbocycles. The molecule has 0 bridgehead atoms. The van der Waals surface area contributed by atoms with Gasteiger partial charge in [0, 0.05) is 54.8 Å². The van der Waals surface area contributed by atoms with Crippen molar-refractivity contribution in [3.63, 3.8) is 0 Å². The van der Waals surface area contributed by atoms with Crippen LogP contribution in [0.25, 0.3) is 0 Å². The summed E-state index contributed by atoms with van der Waals surface area (Å²) in [6, 6.07) is 0. The molecule has 0 heterocycles. The summed E-state index contributed by atoms with van der Waals surface area (Å²) in [6.45, 7) is 0.431. The van der Waals surface area contributed by atoms with E-state index in [9.17, 15) is 13.8 Å². The Bertz CT molecular complexity index is 550. The van der Waals surface area contributed by atoms with Crippen molar-refractivity contribution in [1.29, 1.82) is 0 Å². The molecule has 0 aliphatic carbocycles. The lowest BCUT2D eigenvalue weighted by Gasteiger charge is -2.05. The highest BCUT2D eigenvalue weighted by Gasteiger charge is 2.06. The van der Waals surface area contributed by atoms with Gasteiger partial charge in [0.1, 0.15) is 11.9 Å². The van der Waals surface area contributed by atoms with Crippen LogP contribution in [0.1, 0.15) is 0 Å². The molecule has 2 N–H and O–H groups in total. The first kappa shape index (κ1) is 38.3. The van der Waals surface area contributed by atoms with Crippen LogP contribution in [0, 0.1) is 0 Å². The number of carbonyl (C=O) groups is 2. The van der Waals surface area contributed by atoms with Gasteiger partial charge < -0.3 is 14.9 Å². The molecule has 0 aromatic rings. The van der Waals surface area contributed by atoms with Gasteiger partial charge in [-0.15, -0.1) is 82.3 Å². The number of thioether (sulfide) groups is 9. The zero-order valence-electron chi connectivity index (χ0n) is 19.7. The van der Waals surface area contributed by atoms with E-state index in [1.54, 1.807) is 23.5 Å². The van der Waals surface area contributed by atoms with Gasteiger partial charge >= 0.3 is 5.97 Å². The molecule has 8 nitrogen and oxygen atoms in total. The highest BCUT2D eigenvalue weighted by atomic mass is 32.2. The number of hydrogen-bond acceptors (Lipinski definition) is 17. The van der Waals surface area contributed by atoms with Crippen molar-refractivity contribution in [2.24, 2.45) is 0 Å². The fourth-order valence-electron chi connectivity index (χ4n) is 1.63. The number of carbonyl (C=O) groups excluding carboxylic acids is 2. The van der Waals surface area contributed by atoms with Gasteiger partial charge in [0.2, 0.25) is 0 Å². The maximum absolute atomic E-state index is 12.0. The van der Waals surface area contributed by atoms with Crippen LogP contribution in [0.3, 0.4) is 0 Å². The van der Waals surface area contributed by atoms with Crippen molar-refractivity contribution in [1.82, 2.24) is 0 Å². The van der Waals surface area contributed by atoms with Crippen LogP contribution < -0.4 is 0 Å². The fourth-order valence-corrected chi connectivity index (χ4v) is 10.7. The lowest BCUT2D eigenvalue weighted by molar-refractivity contribution is -0.274. The molecule has 0 aromatic carbocycles. The zero-order chi connectivity index (χ0) is 26.5. The molecule has 0 aromatic heterocycles. The first-order chi connectivity index (χ1) is 17.6. The quantitative estimate of drug-likeness (QED) is 0.0403. The molecule has 0 rings (SSSR count). The van der Waals surface area contributed by atoms with Gasteiger partial charge in [-0.25, -0.2) is 9.78 Å². The van der Waals surface area contributed by atoms with Crippen LogP contribution in [-0.2, 0) is 34.9 Å². The number of rotatable bonds is 28. The van der Waals surface area contributed by atoms with Crippen molar-refractivity contribution >= 4 is 128 Å². The van der Waals surface area contributed by atoms with Crippen LogP contribution in [0.2, 0.25) is 0 Å². The summed E-state index contributed by atoms with van der Waals surface area (Å²) in [5.74, 6) is 5.01. The zero-order valence-corrected chi connectivity index (χ0v) is 27.9.